The standard InChI is InChI=1S/C23H34N4O/c1-23(2)18-14-21(23)25(3)15-16(18)8-11-26-12-9-17(10-13-26)27-20-7-5-4-6-19(20)24-22(27)28/h4-7,16-18,21H,8-15H2,1-3H3,(H,24,28)/t16?,18?,21-/m0/s1. The third kappa shape index (κ3) is 2.86. The van der Waals surface area contributed by atoms with Crippen molar-refractivity contribution in [3.05, 3.63) is 34.7 Å². The van der Waals surface area contributed by atoms with E-state index < -0.39 is 0 Å². The van der Waals surface area contributed by atoms with Crippen molar-refractivity contribution in [2.45, 2.75) is 51.6 Å². The van der Waals surface area contributed by atoms with E-state index in [1.807, 2.05) is 22.8 Å². The molecule has 1 aromatic heterocycles. The number of hydrogen-bond acceptors (Lipinski definition) is 3. The second kappa shape index (κ2) is 6.74. The minimum atomic E-state index is 0.0478. The van der Waals surface area contributed by atoms with Crippen LogP contribution in [0.4, 0.5) is 0 Å². The summed E-state index contributed by atoms with van der Waals surface area (Å²) >= 11 is 0. The zero-order chi connectivity index (χ0) is 19.5. The highest BCUT2D eigenvalue weighted by Gasteiger charge is 2.56. The van der Waals surface area contributed by atoms with Gasteiger partial charge in [0.2, 0.25) is 0 Å². The van der Waals surface area contributed by atoms with Crippen molar-refractivity contribution in [1.82, 2.24) is 19.4 Å². The number of H-pyrrole nitrogens is 1. The maximum Gasteiger partial charge on any atom is 0.326 e. The van der Waals surface area contributed by atoms with Crippen molar-refractivity contribution in [3.8, 4) is 0 Å². The molecule has 4 heterocycles. The Morgan fingerprint density at radius 1 is 1.18 bits per heavy atom. The SMILES string of the molecule is CN1CC(CCN2CCC(n3c(=O)[nH]c4ccccc43)CC2)C2C[C@H]1C2(C)C. The molecular formula is C23H34N4O. The van der Waals surface area contributed by atoms with Gasteiger partial charge in [0.05, 0.1) is 11.0 Å². The van der Waals surface area contributed by atoms with Crippen LogP contribution in [0.1, 0.15) is 45.6 Å². The zero-order valence-corrected chi connectivity index (χ0v) is 17.5. The fraction of sp³-hybridized carbons (Fsp3) is 0.696. The summed E-state index contributed by atoms with van der Waals surface area (Å²) in [6, 6.07) is 9.20. The number of nitrogens with one attached hydrogen (secondary N) is 1. The summed E-state index contributed by atoms with van der Waals surface area (Å²) in [6.45, 7) is 9.65. The molecule has 3 atom stereocenters. The molecule has 0 spiro atoms. The third-order valence-electron chi connectivity index (χ3n) is 8.28. The van der Waals surface area contributed by atoms with Gasteiger partial charge in [0.25, 0.3) is 0 Å². The Balaban J connectivity index is 1.19. The Hall–Kier alpha value is -1.59. The van der Waals surface area contributed by atoms with Crippen molar-refractivity contribution < 1.29 is 0 Å². The van der Waals surface area contributed by atoms with Gasteiger partial charge in [0.1, 0.15) is 0 Å². The summed E-state index contributed by atoms with van der Waals surface area (Å²) in [5, 5.41) is 0. The number of rotatable bonds is 4. The zero-order valence-electron chi connectivity index (χ0n) is 17.5. The highest BCUT2D eigenvalue weighted by Crippen LogP contribution is 2.56. The molecule has 1 saturated carbocycles. The summed E-state index contributed by atoms with van der Waals surface area (Å²) < 4.78 is 2.00. The number of para-hydroxylation sites is 2. The van der Waals surface area contributed by atoms with Gasteiger partial charge in [0.15, 0.2) is 0 Å². The molecule has 4 fully saturated rings. The molecule has 152 valence electrons. The first kappa shape index (κ1) is 18.4. The molecule has 5 nitrogen and oxygen atoms in total. The maximum atomic E-state index is 12.5. The average molecular weight is 383 g/mol. The van der Waals surface area contributed by atoms with Crippen LogP contribution < -0.4 is 5.69 Å². The van der Waals surface area contributed by atoms with E-state index in [1.165, 1.54) is 25.9 Å². The van der Waals surface area contributed by atoms with Crippen LogP contribution in [-0.2, 0) is 0 Å². The maximum absolute atomic E-state index is 12.5. The average Bonchev–Trinajstić information content (AvgIpc) is 3.01. The second-order valence-corrected chi connectivity index (χ2v) is 10.1. The molecule has 0 amide bonds. The van der Waals surface area contributed by atoms with Crippen LogP contribution in [0.25, 0.3) is 11.0 Å². The lowest BCUT2D eigenvalue weighted by Crippen LogP contribution is -2.66. The van der Waals surface area contributed by atoms with Crippen molar-refractivity contribution in [1.29, 1.82) is 0 Å². The normalized spacial score (nSPS) is 31.2. The summed E-state index contributed by atoms with van der Waals surface area (Å²) in [5.74, 6) is 1.76. The van der Waals surface area contributed by atoms with Gasteiger partial charge in [-0.1, -0.05) is 26.0 Å². The number of benzene rings is 1. The van der Waals surface area contributed by atoms with Gasteiger partial charge in [-0.25, -0.2) is 4.79 Å². The molecule has 1 aromatic carbocycles. The summed E-state index contributed by atoms with van der Waals surface area (Å²) in [5.41, 5.74) is 2.56. The van der Waals surface area contributed by atoms with Crippen molar-refractivity contribution in [3.63, 3.8) is 0 Å². The number of aromatic amines is 1. The Bertz CT molecular complexity index is 905. The van der Waals surface area contributed by atoms with Gasteiger partial charge >= 0.3 is 5.69 Å². The van der Waals surface area contributed by atoms with Gasteiger partial charge in [0, 0.05) is 31.7 Å². The molecule has 0 radical (unpaired) electrons. The minimum absolute atomic E-state index is 0.0478. The number of aromatic nitrogens is 2. The van der Waals surface area contributed by atoms with Crippen molar-refractivity contribution in [2.24, 2.45) is 17.3 Å². The van der Waals surface area contributed by atoms with E-state index in [4.69, 9.17) is 0 Å². The van der Waals surface area contributed by atoms with E-state index >= 15 is 0 Å². The molecule has 1 N–H and O–H groups in total. The fourth-order valence-corrected chi connectivity index (χ4v) is 6.59. The lowest BCUT2D eigenvalue weighted by atomic mass is 9.51. The Kier molecular flexibility index (Phi) is 4.44. The molecule has 28 heavy (non-hydrogen) atoms. The van der Waals surface area contributed by atoms with E-state index in [0.29, 0.717) is 11.5 Å². The predicted molar refractivity (Wildman–Crippen MR) is 114 cm³/mol. The highest BCUT2D eigenvalue weighted by atomic mass is 16.1. The first-order chi connectivity index (χ1) is 13.4. The fourth-order valence-electron chi connectivity index (χ4n) is 6.59. The highest BCUT2D eigenvalue weighted by molar-refractivity contribution is 5.75. The smallest absolute Gasteiger partial charge is 0.306 e. The largest absolute Gasteiger partial charge is 0.326 e. The molecule has 6 rings (SSSR count). The molecular weight excluding hydrogens is 348 g/mol. The van der Waals surface area contributed by atoms with Crippen LogP contribution in [-0.4, -0.2) is 58.6 Å². The van der Waals surface area contributed by atoms with E-state index in [2.05, 4.69) is 41.7 Å². The van der Waals surface area contributed by atoms with Gasteiger partial charge in [-0.2, -0.15) is 0 Å². The first-order valence-electron chi connectivity index (χ1n) is 11.1. The topological polar surface area (TPSA) is 44.3 Å². The molecule has 5 heteroatoms. The molecule has 2 unspecified atom stereocenters. The third-order valence-corrected chi connectivity index (χ3v) is 8.28. The lowest BCUT2D eigenvalue weighted by molar-refractivity contribution is -0.141. The van der Waals surface area contributed by atoms with Gasteiger partial charge in [-0.15, -0.1) is 0 Å². The van der Waals surface area contributed by atoms with E-state index in [-0.39, 0.29) is 5.69 Å². The van der Waals surface area contributed by atoms with Crippen LogP contribution in [0.15, 0.2) is 29.1 Å². The number of hydrogen-bond donors (Lipinski definition) is 1. The Labute approximate surface area is 167 Å². The van der Waals surface area contributed by atoms with Gasteiger partial charge in [-0.3, -0.25) is 4.57 Å². The summed E-state index contributed by atoms with van der Waals surface area (Å²) in [7, 11) is 2.32. The van der Waals surface area contributed by atoms with Crippen LogP contribution >= 0.6 is 0 Å². The predicted octanol–water partition coefficient (Wildman–Crippen LogP) is 3.33. The minimum Gasteiger partial charge on any atom is -0.306 e. The van der Waals surface area contributed by atoms with Gasteiger partial charge in [-0.05, 0) is 68.7 Å². The van der Waals surface area contributed by atoms with E-state index in [0.717, 1.165) is 54.8 Å². The number of likely N-dealkylation sites (tertiary alicyclic amines) is 1. The molecule has 2 aromatic rings. The van der Waals surface area contributed by atoms with Crippen LogP contribution in [0, 0.1) is 17.3 Å². The molecule has 1 aliphatic carbocycles. The summed E-state index contributed by atoms with van der Waals surface area (Å²) in [4.78, 5) is 20.7. The Morgan fingerprint density at radius 2 is 1.93 bits per heavy atom. The molecule has 3 saturated heterocycles. The Morgan fingerprint density at radius 3 is 2.64 bits per heavy atom. The van der Waals surface area contributed by atoms with Crippen LogP contribution in [0.5, 0.6) is 0 Å². The van der Waals surface area contributed by atoms with Crippen LogP contribution in [0.3, 0.4) is 0 Å². The number of nitrogens with zero attached hydrogens (tertiary/aromatic N) is 3. The summed E-state index contributed by atoms with van der Waals surface area (Å²) in [6.07, 6.45) is 4.87. The molecule has 4 aliphatic rings. The monoisotopic (exact) mass is 382 g/mol. The number of fused-ring (bicyclic) bond motifs is 3. The first-order valence-corrected chi connectivity index (χ1v) is 11.1. The lowest BCUT2D eigenvalue weighted by Gasteiger charge is -2.64. The molecule has 3 aliphatic heterocycles. The van der Waals surface area contributed by atoms with E-state index in [1.54, 1.807) is 0 Å². The number of piperidine rings is 3. The van der Waals surface area contributed by atoms with Crippen molar-refractivity contribution >= 4 is 11.0 Å². The van der Waals surface area contributed by atoms with Crippen LogP contribution in [0.2, 0.25) is 0 Å². The van der Waals surface area contributed by atoms with Gasteiger partial charge < -0.3 is 14.8 Å². The quantitative estimate of drug-likeness (QED) is 0.882. The second-order valence-electron chi connectivity index (χ2n) is 10.1. The molecule has 2 bridgehead atoms. The number of imidazole rings is 1. The van der Waals surface area contributed by atoms with E-state index in [9.17, 15) is 4.79 Å². The van der Waals surface area contributed by atoms with Crippen molar-refractivity contribution in [2.75, 3.05) is 33.2 Å².